The molecule has 2 rings (SSSR count). The van der Waals surface area contributed by atoms with Gasteiger partial charge in [-0.3, -0.25) is 9.88 Å². The van der Waals surface area contributed by atoms with E-state index in [1.54, 1.807) is 6.92 Å². The van der Waals surface area contributed by atoms with Crippen molar-refractivity contribution >= 4 is 11.7 Å². The quantitative estimate of drug-likeness (QED) is 0.895. The summed E-state index contributed by atoms with van der Waals surface area (Å²) in [5, 5.41) is 9.47. The minimum Gasteiger partial charge on any atom is -0.478 e. The van der Waals surface area contributed by atoms with E-state index < -0.39 is 5.97 Å². The zero-order valence-electron chi connectivity index (χ0n) is 12.8. The number of aromatic nitrogens is 1. The minimum atomic E-state index is -0.899. The van der Waals surface area contributed by atoms with Crippen LogP contribution in [0.5, 0.6) is 0 Å². The number of carbonyl (C=O) groups is 1. The second kappa shape index (κ2) is 5.40. The number of carboxylic acid groups (broad SMARTS) is 1. The van der Waals surface area contributed by atoms with Crippen LogP contribution in [0.2, 0.25) is 0 Å². The van der Waals surface area contributed by atoms with Gasteiger partial charge in [0.15, 0.2) is 0 Å². The van der Waals surface area contributed by atoms with Gasteiger partial charge in [-0.1, -0.05) is 0 Å². The van der Waals surface area contributed by atoms with Gasteiger partial charge in [0.2, 0.25) is 0 Å². The Morgan fingerprint density at radius 1 is 1.30 bits per heavy atom. The number of hydrogen-bond donors (Lipinski definition) is 1. The Morgan fingerprint density at radius 3 is 2.35 bits per heavy atom. The highest BCUT2D eigenvalue weighted by Crippen LogP contribution is 2.27. The smallest absolute Gasteiger partial charge is 0.339 e. The molecule has 0 radical (unpaired) electrons. The molecule has 0 saturated carbocycles. The van der Waals surface area contributed by atoms with E-state index in [9.17, 15) is 9.90 Å². The van der Waals surface area contributed by atoms with Crippen LogP contribution in [0.1, 0.15) is 35.6 Å². The molecule has 0 amide bonds. The van der Waals surface area contributed by atoms with Crippen molar-refractivity contribution < 1.29 is 9.90 Å². The van der Waals surface area contributed by atoms with Crippen molar-refractivity contribution in [3.05, 3.63) is 23.0 Å². The molecule has 2 unspecified atom stereocenters. The highest BCUT2D eigenvalue weighted by Gasteiger charge is 2.29. The summed E-state index contributed by atoms with van der Waals surface area (Å²) in [7, 11) is 2.12. The number of likely N-dealkylation sites (N-methyl/N-ethyl adjacent to an activating group) is 1. The number of aromatic carboxylic acids is 1. The maximum atomic E-state index is 11.5. The van der Waals surface area contributed by atoms with Gasteiger partial charge in [-0.15, -0.1) is 0 Å². The molecular weight excluding hydrogens is 254 g/mol. The third-order valence-corrected chi connectivity index (χ3v) is 4.22. The van der Waals surface area contributed by atoms with E-state index in [0.717, 1.165) is 24.5 Å². The molecule has 1 aliphatic heterocycles. The third-order valence-electron chi connectivity index (χ3n) is 4.22. The van der Waals surface area contributed by atoms with E-state index in [0.29, 0.717) is 23.3 Å². The van der Waals surface area contributed by atoms with Gasteiger partial charge in [0.25, 0.3) is 0 Å². The van der Waals surface area contributed by atoms with Crippen molar-refractivity contribution in [2.24, 2.45) is 0 Å². The second-order valence-corrected chi connectivity index (χ2v) is 5.82. The SMILES string of the molecule is Cc1cc(N2CC(C)N(C)C(C)C2)c(C(=O)O)c(C)n1. The normalized spacial score (nSPS) is 23.9. The first-order chi connectivity index (χ1) is 9.31. The van der Waals surface area contributed by atoms with E-state index in [2.05, 4.69) is 35.7 Å². The molecule has 1 aromatic heterocycles. The molecule has 0 aromatic carbocycles. The van der Waals surface area contributed by atoms with Gasteiger partial charge in [0.1, 0.15) is 5.56 Å². The largest absolute Gasteiger partial charge is 0.478 e. The summed E-state index contributed by atoms with van der Waals surface area (Å²) in [6, 6.07) is 2.68. The number of piperazine rings is 1. The zero-order chi connectivity index (χ0) is 15.0. The summed E-state index contributed by atoms with van der Waals surface area (Å²) < 4.78 is 0. The number of anilines is 1. The van der Waals surface area contributed by atoms with Gasteiger partial charge >= 0.3 is 5.97 Å². The van der Waals surface area contributed by atoms with Crippen molar-refractivity contribution in [3.8, 4) is 0 Å². The second-order valence-electron chi connectivity index (χ2n) is 5.82. The topological polar surface area (TPSA) is 56.7 Å². The molecule has 2 atom stereocenters. The van der Waals surface area contributed by atoms with Crippen LogP contribution in [-0.4, -0.2) is 53.2 Å². The average Bonchev–Trinajstić information content (AvgIpc) is 2.33. The molecule has 0 bridgehead atoms. The molecule has 2 heterocycles. The molecule has 1 aromatic rings. The van der Waals surface area contributed by atoms with Gasteiger partial charge in [0.05, 0.1) is 11.4 Å². The first-order valence-corrected chi connectivity index (χ1v) is 6.99. The number of carboxylic acids is 1. The molecule has 1 fully saturated rings. The van der Waals surface area contributed by atoms with Crippen LogP contribution in [0.4, 0.5) is 5.69 Å². The van der Waals surface area contributed by atoms with Crippen molar-refractivity contribution in [1.29, 1.82) is 0 Å². The van der Waals surface area contributed by atoms with Gasteiger partial charge in [-0.05, 0) is 40.8 Å². The van der Waals surface area contributed by atoms with Crippen LogP contribution in [0, 0.1) is 13.8 Å². The van der Waals surface area contributed by atoms with E-state index in [1.807, 2.05) is 13.0 Å². The van der Waals surface area contributed by atoms with Crippen LogP contribution in [0.3, 0.4) is 0 Å². The predicted octanol–water partition coefficient (Wildman–Crippen LogP) is 1.93. The van der Waals surface area contributed by atoms with Gasteiger partial charge in [-0.25, -0.2) is 4.79 Å². The minimum absolute atomic E-state index is 0.333. The van der Waals surface area contributed by atoms with E-state index in [-0.39, 0.29) is 0 Å². The Morgan fingerprint density at radius 2 is 1.85 bits per heavy atom. The van der Waals surface area contributed by atoms with Crippen molar-refractivity contribution in [3.63, 3.8) is 0 Å². The molecule has 1 saturated heterocycles. The first-order valence-electron chi connectivity index (χ1n) is 6.99. The number of pyridine rings is 1. The van der Waals surface area contributed by atoms with Crippen LogP contribution in [0.15, 0.2) is 6.07 Å². The summed E-state index contributed by atoms with van der Waals surface area (Å²) in [4.78, 5) is 20.3. The molecular formula is C15H23N3O2. The fourth-order valence-corrected chi connectivity index (χ4v) is 2.92. The Kier molecular flexibility index (Phi) is 3.99. The lowest BCUT2D eigenvalue weighted by molar-refractivity contribution is 0.0695. The summed E-state index contributed by atoms with van der Waals surface area (Å²) in [6.45, 7) is 9.69. The van der Waals surface area contributed by atoms with Crippen LogP contribution in [-0.2, 0) is 0 Å². The van der Waals surface area contributed by atoms with E-state index in [4.69, 9.17) is 0 Å². The number of aryl methyl sites for hydroxylation is 2. The van der Waals surface area contributed by atoms with E-state index in [1.165, 1.54) is 0 Å². The summed E-state index contributed by atoms with van der Waals surface area (Å²) >= 11 is 0. The molecule has 1 N–H and O–H groups in total. The van der Waals surface area contributed by atoms with Gasteiger partial charge in [-0.2, -0.15) is 0 Å². The molecule has 5 nitrogen and oxygen atoms in total. The van der Waals surface area contributed by atoms with Gasteiger partial charge in [0, 0.05) is 30.9 Å². The number of nitrogens with zero attached hydrogens (tertiary/aromatic N) is 3. The molecule has 5 heteroatoms. The maximum absolute atomic E-state index is 11.5. The first kappa shape index (κ1) is 14.8. The monoisotopic (exact) mass is 277 g/mol. The Labute approximate surface area is 120 Å². The summed E-state index contributed by atoms with van der Waals surface area (Å²) in [6.07, 6.45) is 0. The molecule has 0 aliphatic carbocycles. The van der Waals surface area contributed by atoms with Crippen LogP contribution < -0.4 is 4.90 Å². The Bertz CT molecular complexity index is 518. The van der Waals surface area contributed by atoms with Crippen molar-refractivity contribution in [1.82, 2.24) is 9.88 Å². The Hall–Kier alpha value is -1.62. The lowest BCUT2D eigenvalue weighted by Gasteiger charge is -2.44. The highest BCUT2D eigenvalue weighted by atomic mass is 16.4. The summed E-state index contributed by atoms with van der Waals surface area (Å²) in [5.41, 5.74) is 2.59. The number of hydrogen-bond acceptors (Lipinski definition) is 4. The average molecular weight is 277 g/mol. The lowest BCUT2D eigenvalue weighted by Crippen LogP contribution is -2.55. The lowest BCUT2D eigenvalue weighted by atomic mass is 10.0. The molecule has 20 heavy (non-hydrogen) atoms. The van der Waals surface area contributed by atoms with Crippen LogP contribution in [0.25, 0.3) is 0 Å². The van der Waals surface area contributed by atoms with Crippen LogP contribution >= 0.6 is 0 Å². The molecule has 0 spiro atoms. The summed E-state index contributed by atoms with van der Waals surface area (Å²) in [5.74, 6) is -0.899. The van der Waals surface area contributed by atoms with E-state index >= 15 is 0 Å². The van der Waals surface area contributed by atoms with Crippen molar-refractivity contribution in [2.45, 2.75) is 39.8 Å². The fourth-order valence-electron chi connectivity index (χ4n) is 2.92. The number of rotatable bonds is 2. The predicted molar refractivity (Wildman–Crippen MR) is 79.6 cm³/mol. The maximum Gasteiger partial charge on any atom is 0.339 e. The Balaban J connectivity index is 2.44. The highest BCUT2D eigenvalue weighted by molar-refractivity contribution is 5.95. The molecule has 110 valence electrons. The van der Waals surface area contributed by atoms with Crippen molar-refractivity contribution in [2.75, 3.05) is 25.0 Å². The zero-order valence-corrected chi connectivity index (χ0v) is 12.8. The third kappa shape index (κ3) is 2.63. The molecule has 1 aliphatic rings. The standard InChI is InChI=1S/C15H23N3O2/c1-9-6-13(14(15(19)20)12(4)16-9)18-7-10(2)17(5)11(3)8-18/h6,10-11H,7-8H2,1-5H3,(H,19,20). The fraction of sp³-hybridized carbons (Fsp3) is 0.600. The van der Waals surface area contributed by atoms with Gasteiger partial charge < -0.3 is 10.0 Å².